The predicted octanol–water partition coefficient (Wildman–Crippen LogP) is 2.68. The van der Waals surface area contributed by atoms with Crippen LogP contribution < -0.4 is 16.2 Å². The molecule has 3 amide bonds. The molecule has 4 rings (SSSR count). The van der Waals surface area contributed by atoms with Crippen LogP contribution in [0.1, 0.15) is 50.9 Å². The van der Waals surface area contributed by atoms with Crippen molar-refractivity contribution in [3.63, 3.8) is 0 Å². The lowest BCUT2D eigenvalue weighted by molar-refractivity contribution is -0.154. The average molecular weight is 593 g/mol. The van der Waals surface area contributed by atoms with Gasteiger partial charge in [0.05, 0.1) is 12.8 Å². The number of hydrogen-bond donors (Lipinski definition) is 3. The minimum atomic E-state index is -1.13. The van der Waals surface area contributed by atoms with Crippen LogP contribution >= 0.6 is 0 Å². The Kier molecular flexibility index (Phi) is 9.58. The molecule has 0 saturated carbocycles. The number of hydrazine groups is 1. The highest BCUT2D eigenvalue weighted by atomic mass is 16.6. The van der Waals surface area contributed by atoms with E-state index in [1.165, 1.54) is 6.20 Å². The Morgan fingerprint density at radius 1 is 1.07 bits per heavy atom. The highest BCUT2D eigenvalue weighted by Crippen LogP contribution is 2.27. The van der Waals surface area contributed by atoms with Gasteiger partial charge in [-0.05, 0) is 52.2 Å². The number of rotatable bonds is 6. The first-order chi connectivity index (χ1) is 20.4. The second-order valence-electron chi connectivity index (χ2n) is 11.0. The molecule has 1 atom stereocenters. The van der Waals surface area contributed by atoms with Crippen molar-refractivity contribution in [1.82, 2.24) is 35.5 Å². The molecule has 1 aliphatic rings. The Labute approximate surface area is 249 Å². The molecule has 0 spiro atoms. The van der Waals surface area contributed by atoms with E-state index in [1.54, 1.807) is 22.7 Å². The summed E-state index contributed by atoms with van der Waals surface area (Å²) in [5.41, 5.74) is 6.16. The smallest absolute Gasteiger partial charge is 0.410 e. The SMILES string of the molecule is CCOC(=O)C(=O)NNC(=O)c1cnc(-c2cccc(-c3cnn(C)c3)c2)nc1NC1CCCN(C(=O)OC(C)(C)C)C1. The highest BCUT2D eigenvalue weighted by Gasteiger charge is 2.29. The molecular formula is C29H36N8O6. The van der Waals surface area contributed by atoms with Gasteiger partial charge in [-0.25, -0.2) is 19.6 Å². The molecule has 1 unspecified atom stereocenters. The monoisotopic (exact) mass is 592 g/mol. The van der Waals surface area contributed by atoms with Crippen LogP contribution in [-0.2, 0) is 26.1 Å². The first-order valence-electron chi connectivity index (χ1n) is 13.9. The maximum absolute atomic E-state index is 13.1. The topological polar surface area (TPSA) is 170 Å². The van der Waals surface area contributed by atoms with Gasteiger partial charge >= 0.3 is 18.0 Å². The summed E-state index contributed by atoms with van der Waals surface area (Å²) in [5, 5.41) is 7.52. The van der Waals surface area contributed by atoms with Gasteiger partial charge in [-0.3, -0.25) is 25.1 Å². The number of amides is 3. The number of ether oxygens (including phenoxy) is 2. The summed E-state index contributed by atoms with van der Waals surface area (Å²) in [5.74, 6) is -2.48. The van der Waals surface area contributed by atoms with Crippen LogP contribution in [0.15, 0.2) is 42.9 Å². The zero-order valence-corrected chi connectivity index (χ0v) is 24.8. The van der Waals surface area contributed by atoms with E-state index in [1.807, 2.05) is 63.7 Å². The molecule has 0 radical (unpaired) electrons. The van der Waals surface area contributed by atoms with E-state index >= 15 is 0 Å². The van der Waals surface area contributed by atoms with E-state index in [9.17, 15) is 19.2 Å². The number of aryl methyl sites for hydroxylation is 1. The van der Waals surface area contributed by atoms with Crippen LogP contribution in [0.2, 0.25) is 0 Å². The fourth-order valence-electron chi connectivity index (χ4n) is 4.41. The largest absolute Gasteiger partial charge is 0.459 e. The molecule has 1 aliphatic heterocycles. The molecule has 1 fully saturated rings. The summed E-state index contributed by atoms with van der Waals surface area (Å²) in [4.78, 5) is 60.2. The maximum atomic E-state index is 13.1. The molecule has 2 aromatic heterocycles. The fourth-order valence-corrected chi connectivity index (χ4v) is 4.41. The van der Waals surface area contributed by atoms with Crippen molar-refractivity contribution in [2.75, 3.05) is 25.0 Å². The van der Waals surface area contributed by atoms with Crippen molar-refractivity contribution in [1.29, 1.82) is 0 Å². The second-order valence-corrected chi connectivity index (χ2v) is 11.0. The predicted molar refractivity (Wildman–Crippen MR) is 156 cm³/mol. The quantitative estimate of drug-likeness (QED) is 0.220. The Morgan fingerprint density at radius 3 is 2.53 bits per heavy atom. The van der Waals surface area contributed by atoms with Crippen molar-refractivity contribution in [2.24, 2.45) is 7.05 Å². The number of esters is 1. The summed E-state index contributed by atoms with van der Waals surface area (Å²) < 4.78 is 11.9. The number of nitrogens with one attached hydrogen (secondary N) is 3. The van der Waals surface area contributed by atoms with Gasteiger partial charge < -0.3 is 19.7 Å². The summed E-state index contributed by atoms with van der Waals surface area (Å²) in [7, 11) is 1.84. The van der Waals surface area contributed by atoms with E-state index in [-0.39, 0.29) is 24.0 Å². The number of hydrogen-bond acceptors (Lipinski definition) is 10. The fraction of sp³-hybridized carbons (Fsp3) is 0.414. The highest BCUT2D eigenvalue weighted by molar-refractivity contribution is 6.32. The zero-order valence-electron chi connectivity index (χ0n) is 24.8. The van der Waals surface area contributed by atoms with Gasteiger partial charge in [0.1, 0.15) is 17.0 Å². The van der Waals surface area contributed by atoms with Crippen LogP contribution in [0.25, 0.3) is 22.5 Å². The van der Waals surface area contributed by atoms with Gasteiger partial charge in [0.2, 0.25) is 0 Å². The number of nitrogens with zero attached hydrogens (tertiary/aromatic N) is 5. The number of aromatic nitrogens is 4. The molecule has 0 aliphatic carbocycles. The number of benzene rings is 1. The Bertz CT molecular complexity index is 1500. The standard InChI is InChI=1S/C29H36N8O6/c1-6-42-27(40)26(39)35-34-25(38)22-15-30-23(19-10-7-9-18(13-19)20-14-31-36(5)16-20)33-24(22)32-21-11-8-12-37(17-21)28(41)43-29(2,3)4/h7,9-10,13-16,21H,6,8,11-12,17H2,1-5H3,(H,34,38)(H,35,39)(H,30,32,33). The van der Waals surface area contributed by atoms with E-state index < -0.39 is 29.5 Å². The van der Waals surface area contributed by atoms with Crippen molar-refractivity contribution in [3.8, 4) is 22.5 Å². The van der Waals surface area contributed by atoms with Crippen molar-refractivity contribution < 1.29 is 28.7 Å². The van der Waals surface area contributed by atoms with Crippen LogP contribution in [-0.4, -0.2) is 79.9 Å². The van der Waals surface area contributed by atoms with E-state index in [0.29, 0.717) is 37.3 Å². The molecule has 1 aromatic carbocycles. The van der Waals surface area contributed by atoms with Gasteiger partial charge in [0.15, 0.2) is 5.82 Å². The number of carbonyl (C=O) groups excluding carboxylic acids is 4. The van der Waals surface area contributed by atoms with E-state index in [2.05, 4.69) is 30.5 Å². The molecule has 0 bridgehead atoms. The Hall–Kier alpha value is -5.01. The summed E-state index contributed by atoms with van der Waals surface area (Å²) in [6.07, 6.45) is 5.97. The van der Waals surface area contributed by atoms with E-state index in [0.717, 1.165) is 11.1 Å². The van der Waals surface area contributed by atoms with Gasteiger partial charge in [-0.1, -0.05) is 18.2 Å². The number of likely N-dealkylation sites (tertiary alicyclic amines) is 1. The van der Waals surface area contributed by atoms with Crippen LogP contribution in [0.4, 0.5) is 10.6 Å². The minimum Gasteiger partial charge on any atom is -0.459 e. The molecular weight excluding hydrogens is 556 g/mol. The van der Waals surface area contributed by atoms with Crippen molar-refractivity contribution in [3.05, 3.63) is 48.4 Å². The molecule has 3 aromatic rings. The number of carbonyl (C=O) groups is 4. The molecule has 3 heterocycles. The Balaban J connectivity index is 1.61. The first-order valence-corrected chi connectivity index (χ1v) is 13.9. The molecule has 1 saturated heterocycles. The van der Waals surface area contributed by atoms with Crippen LogP contribution in [0.3, 0.4) is 0 Å². The number of piperidine rings is 1. The summed E-state index contributed by atoms with van der Waals surface area (Å²) >= 11 is 0. The van der Waals surface area contributed by atoms with Crippen LogP contribution in [0.5, 0.6) is 0 Å². The lowest BCUT2D eigenvalue weighted by atomic mass is 10.0. The lowest BCUT2D eigenvalue weighted by Crippen LogP contribution is -2.47. The van der Waals surface area contributed by atoms with E-state index in [4.69, 9.17) is 4.74 Å². The summed E-state index contributed by atoms with van der Waals surface area (Å²) in [6.45, 7) is 7.85. The minimum absolute atomic E-state index is 0.00720. The average Bonchev–Trinajstić information content (AvgIpc) is 3.41. The molecule has 228 valence electrons. The Morgan fingerprint density at radius 2 is 1.84 bits per heavy atom. The summed E-state index contributed by atoms with van der Waals surface area (Å²) in [6, 6.07) is 7.33. The van der Waals surface area contributed by atoms with Crippen molar-refractivity contribution in [2.45, 2.75) is 52.2 Å². The lowest BCUT2D eigenvalue weighted by Gasteiger charge is -2.34. The molecule has 14 nitrogen and oxygen atoms in total. The molecule has 14 heteroatoms. The van der Waals surface area contributed by atoms with Crippen LogP contribution in [0, 0.1) is 0 Å². The number of anilines is 1. The van der Waals surface area contributed by atoms with Gasteiger partial charge in [0, 0.05) is 49.7 Å². The van der Waals surface area contributed by atoms with Gasteiger partial charge in [-0.2, -0.15) is 5.10 Å². The third-order valence-corrected chi connectivity index (χ3v) is 6.36. The van der Waals surface area contributed by atoms with Gasteiger partial charge in [-0.15, -0.1) is 0 Å². The maximum Gasteiger partial charge on any atom is 0.410 e. The van der Waals surface area contributed by atoms with Gasteiger partial charge in [0.25, 0.3) is 5.91 Å². The molecule has 3 N–H and O–H groups in total. The van der Waals surface area contributed by atoms with Crippen molar-refractivity contribution >= 4 is 29.7 Å². The third-order valence-electron chi connectivity index (χ3n) is 6.36. The molecule has 43 heavy (non-hydrogen) atoms. The third kappa shape index (κ3) is 8.27. The normalized spacial score (nSPS) is 14.9. The first kappa shape index (κ1) is 30.9. The zero-order chi connectivity index (χ0) is 31.1. The second kappa shape index (κ2) is 13.3.